The molecule has 0 saturated heterocycles. The van der Waals surface area contributed by atoms with Gasteiger partial charge in [0.15, 0.2) is 0 Å². The van der Waals surface area contributed by atoms with E-state index in [1.54, 1.807) is 42.5 Å². The number of para-hydroxylation sites is 1. The maximum absolute atomic E-state index is 12.3. The van der Waals surface area contributed by atoms with E-state index in [2.05, 4.69) is 16.0 Å². The number of carbonyl (C=O) groups excluding carboxylic acids is 3. The first kappa shape index (κ1) is 21.5. The number of amides is 3. The second-order valence-corrected chi connectivity index (χ2v) is 6.85. The number of carbonyl (C=O) groups is 3. The smallest absolute Gasteiger partial charge is 0.244 e. The van der Waals surface area contributed by atoms with E-state index in [1.165, 1.54) is 18.9 Å². The van der Waals surface area contributed by atoms with Gasteiger partial charge < -0.3 is 20.9 Å². The second-order valence-electron chi connectivity index (χ2n) is 6.00. The highest BCUT2D eigenvalue weighted by Crippen LogP contribution is 2.25. The highest BCUT2D eigenvalue weighted by Gasteiger charge is 2.15. The Hall–Kier alpha value is -2.77. The third kappa shape index (κ3) is 6.44. The summed E-state index contributed by atoms with van der Waals surface area (Å²) in [4.78, 5) is 37.0. The average molecular weight is 423 g/mol. The Labute approximate surface area is 173 Å². The molecule has 3 N–H and O–H groups in total. The zero-order valence-corrected chi connectivity index (χ0v) is 16.9. The summed E-state index contributed by atoms with van der Waals surface area (Å²) in [5.41, 5.74) is 1.49. The number of nitrogens with zero attached hydrogens (tertiary/aromatic N) is 1. The topological polar surface area (TPSA) is 90.5 Å². The van der Waals surface area contributed by atoms with Crippen molar-refractivity contribution in [2.45, 2.75) is 6.92 Å². The Kier molecular flexibility index (Phi) is 7.66. The highest BCUT2D eigenvalue weighted by atomic mass is 35.5. The summed E-state index contributed by atoms with van der Waals surface area (Å²) in [6.45, 7) is 1.16. The van der Waals surface area contributed by atoms with E-state index >= 15 is 0 Å². The number of anilines is 3. The molecule has 2 aromatic rings. The summed E-state index contributed by atoms with van der Waals surface area (Å²) in [5.74, 6) is -0.932. The molecule has 28 heavy (non-hydrogen) atoms. The number of hydrogen-bond acceptors (Lipinski definition) is 4. The highest BCUT2D eigenvalue weighted by molar-refractivity contribution is 6.33. The number of rotatable bonds is 7. The lowest BCUT2D eigenvalue weighted by atomic mass is 10.2. The van der Waals surface area contributed by atoms with Crippen LogP contribution >= 0.6 is 23.2 Å². The van der Waals surface area contributed by atoms with Crippen LogP contribution in [0.5, 0.6) is 0 Å². The second kappa shape index (κ2) is 9.96. The molecular formula is C19H20Cl2N4O3. The Morgan fingerprint density at radius 1 is 0.964 bits per heavy atom. The molecule has 0 unspecified atom stereocenters. The molecule has 0 atom stereocenters. The van der Waals surface area contributed by atoms with Crippen LogP contribution in [0.15, 0.2) is 42.5 Å². The van der Waals surface area contributed by atoms with Crippen LogP contribution in [0.25, 0.3) is 0 Å². The van der Waals surface area contributed by atoms with Crippen LogP contribution in [0.1, 0.15) is 6.92 Å². The molecule has 7 nitrogen and oxygen atoms in total. The number of halogens is 2. The molecule has 0 aliphatic heterocycles. The first-order chi connectivity index (χ1) is 13.3. The fourth-order valence-corrected chi connectivity index (χ4v) is 2.68. The molecule has 0 radical (unpaired) electrons. The van der Waals surface area contributed by atoms with E-state index < -0.39 is 0 Å². The minimum absolute atomic E-state index is 0.0806. The molecule has 0 heterocycles. The minimum Gasteiger partial charge on any atom is -0.374 e. The summed E-state index contributed by atoms with van der Waals surface area (Å²) in [6.07, 6.45) is 0. The molecule has 9 heteroatoms. The van der Waals surface area contributed by atoms with Crippen LogP contribution in [-0.4, -0.2) is 42.8 Å². The monoisotopic (exact) mass is 422 g/mol. The summed E-state index contributed by atoms with van der Waals surface area (Å²) in [7, 11) is 1.52. The lowest BCUT2D eigenvalue weighted by molar-refractivity contribution is -0.131. The third-order valence-electron chi connectivity index (χ3n) is 3.68. The van der Waals surface area contributed by atoms with Gasteiger partial charge in [0, 0.05) is 19.0 Å². The molecular weight excluding hydrogens is 403 g/mol. The molecule has 0 bridgehead atoms. The van der Waals surface area contributed by atoms with Gasteiger partial charge in [-0.3, -0.25) is 14.4 Å². The SMILES string of the molecule is CC(=O)Nc1ccc(Cl)cc1NCC(=O)N(C)CC(=O)Nc1ccccc1Cl. The predicted octanol–water partition coefficient (Wildman–Crippen LogP) is 3.46. The standard InChI is InChI=1S/C19H20Cl2N4O3/c1-12(26)23-16-8-7-13(20)9-17(16)22-10-19(28)25(2)11-18(27)24-15-6-4-3-5-14(15)21/h3-9,22H,10-11H2,1-2H3,(H,23,26)(H,24,27). The van der Waals surface area contributed by atoms with Gasteiger partial charge >= 0.3 is 0 Å². The lowest BCUT2D eigenvalue weighted by Crippen LogP contribution is -2.38. The van der Waals surface area contributed by atoms with E-state index in [9.17, 15) is 14.4 Å². The molecule has 0 aliphatic rings. The van der Waals surface area contributed by atoms with E-state index in [0.29, 0.717) is 27.1 Å². The van der Waals surface area contributed by atoms with Crippen LogP contribution in [0.4, 0.5) is 17.1 Å². The van der Waals surface area contributed by atoms with Crippen LogP contribution in [0.2, 0.25) is 10.0 Å². The number of benzene rings is 2. The van der Waals surface area contributed by atoms with Crippen molar-refractivity contribution in [1.82, 2.24) is 4.90 Å². The summed E-state index contributed by atoms with van der Waals surface area (Å²) < 4.78 is 0. The Morgan fingerprint density at radius 3 is 2.36 bits per heavy atom. The molecule has 148 valence electrons. The third-order valence-corrected chi connectivity index (χ3v) is 4.24. The van der Waals surface area contributed by atoms with Crippen molar-refractivity contribution < 1.29 is 14.4 Å². The number of hydrogen-bond donors (Lipinski definition) is 3. The van der Waals surface area contributed by atoms with Crippen LogP contribution in [-0.2, 0) is 14.4 Å². The fraction of sp³-hybridized carbons (Fsp3) is 0.211. The van der Waals surface area contributed by atoms with Gasteiger partial charge in [-0.25, -0.2) is 0 Å². The molecule has 0 spiro atoms. The normalized spacial score (nSPS) is 10.1. The Morgan fingerprint density at radius 2 is 1.68 bits per heavy atom. The average Bonchev–Trinajstić information content (AvgIpc) is 2.63. The summed E-state index contributed by atoms with van der Waals surface area (Å²) >= 11 is 12.0. The zero-order chi connectivity index (χ0) is 20.7. The number of likely N-dealkylation sites (N-methyl/N-ethyl adjacent to an activating group) is 1. The van der Waals surface area contributed by atoms with Gasteiger partial charge in [0.1, 0.15) is 0 Å². The quantitative estimate of drug-likeness (QED) is 0.636. The molecule has 0 fully saturated rings. The van der Waals surface area contributed by atoms with Crippen LogP contribution in [0, 0.1) is 0 Å². The lowest BCUT2D eigenvalue weighted by Gasteiger charge is -2.19. The van der Waals surface area contributed by atoms with Crippen molar-refractivity contribution in [2.24, 2.45) is 0 Å². The zero-order valence-electron chi connectivity index (χ0n) is 15.4. The fourth-order valence-electron chi connectivity index (χ4n) is 2.32. The van der Waals surface area contributed by atoms with Crippen molar-refractivity contribution in [3.05, 3.63) is 52.5 Å². The van der Waals surface area contributed by atoms with E-state index in [0.717, 1.165) is 0 Å². The van der Waals surface area contributed by atoms with Gasteiger partial charge in [0.2, 0.25) is 17.7 Å². The largest absolute Gasteiger partial charge is 0.374 e. The van der Waals surface area contributed by atoms with Crippen molar-refractivity contribution in [2.75, 3.05) is 36.1 Å². The van der Waals surface area contributed by atoms with Crippen molar-refractivity contribution in [3.63, 3.8) is 0 Å². The molecule has 0 aromatic heterocycles. The van der Waals surface area contributed by atoms with Gasteiger partial charge in [-0.05, 0) is 30.3 Å². The minimum atomic E-state index is -0.370. The molecule has 2 rings (SSSR count). The van der Waals surface area contributed by atoms with Gasteiger partial charge in [-0.15, -0.1) is 0 Å². The van der Waals surface area contributed by atoms with Crippen molar-refractivity contribution >= 4 is 58.0 Å². The summed E-state index contributed by atoms with van der Waals surface area (Å²) in [6, 6.07) is 11.7. The predicted molar refractivity (Wildman–Crippen MR) is 112 cm³/mol. The number of nitrogens with one attached hydrogen (secondary N) is 3. The maximum Gasteiger partial charge on any atom is 0.244 e. The van der Waals surface area contributed by atoms with Crippen LogP contribution in [0.3, 0.4) is 0 Å². The van der Waals surface area contributed by atoms with E-state index in [-0.39, 0.29) is 30.8 Å². The van der Waals surface area contributed by atoms with E-state index in [1.807, 2.05) is 0 Å². The Balaban J connectivity index is 1.92. The van der Waals surface area contributed by atoms with Gasteiger partial charge in [-0.2, -0.15) is 0 Å². The van der Waals surface area contributed by atoms with Gasteiger partial charge in [-0.1, -0.05) is 35.3 Å². The van der Waals surface area contributed by atoms with E-state index in [4.69, 9.17) is 23.2 Å². The molecule has 0 saturated carbocycles. The van der Waals surface area contributed by atoms with Crippen molar-refractivity contribution in [3.8, 4) is 0 Å². The Bertz CT molecular complexity index is 889. The van der Waals surface area contributed by atoms with Gasteiger partial charge in [0.25, 0.3) is 0 Å². The summed E-state index contributed by atoms with van der Waals surface area (Å²) in [5, 5.41) is 9.11. The van der Waals surface area contributed by atoms with Crippen LogP contribution < -0.4 is 16.0 Å². The first-order valence-corrected chi connectivity index (χ1v) is 9.11. The van der Waals surface area contributed by atoms with Gasteiger partial charge in [0.05, 0.1) is 35.2 Å². The first-order valence-electron chi connectivity index (χ1n) is 8.35. The van der Waals surface area contributed by atoms with Crippen molar-refractivity contribution in [1.29, 1.82) is 0 Å². The molecule has 3 amide bonds. The maximum atomic E-state index is 12.3. The molecule has 0 aliphatic carbocycles. The molecule has 2 aromatic carbocycles.